The topological polar surface area (TPSA) is 38.0 Å². The van der Waals surface area contributed by atoms with Crippen molar-refractivity contribution in [3.05, 3.63) is 64.1 Å². The highest BCUT2D eigenvalue weighted by Crippen LogP contribution is 2.22. The van der Waals surface area contributed by atoms with E-state index in [0.717, 1.165) is 10.2 Å². The van der Waals surface area contributed by atoms with Crippen molar-refractivity contribution in [1.29, 1.82) is 0 Å². The second-order valence-electron chi connectivity index (χ2n) is 4.30. The van der Waals surface area contributed by atoms with Crippen molar-refractivity contribution in [1.82, 2.24) is 0 Å². The number of nitrogens with one attached hydrogen (secondary N) is 1. The Bertz CT molecular complexity index is 508. The van der Waals surface area contributed by atoms with Crippen LogP contribution in [-0.2, 0) is 0 Å². The molecule has 0 aliphatic carbocycles. The minimum atomic E-state index is 0.138. The zero-order chi connectivity index (χ0) is 13.0. The van der Waals surface area contributed by atoms with Crippen LogP contribution in [0.1, 0.15) is 17.2 Å². The second-order valence-corrected chi connectivity index (χ2v) is 5.21. The van der Waals surface area contributed by atoms with Gasteiger partial charge in [0.1, 0.15) is 0 Å². The number of hydrogen-bond acceptors (Lipinski definition) is 2. The van der Waals surface area contributed by atoms with Gasteiger partial charge in [-0.1, -0.05) is 46.3 Å². The first-order valence-corrected chi connectivity index (χ1v) is 6.77. The molecule has 1 atom stereocenters. The van der Waals surface area contributed by atoms with Crippen LogP contribution >= 0.6 is 15.9 Å². The minimum absolute atomic E-state index is 0.138. The number of para-hydroxylation sites is 1. The van der Waals surface area contributed by atoms with Gasteiger partial charge in [0.25, 0.3) is 0 Å². The monoisotopic (exact) mass is 304 g/mol. The fourth-order valence-corrected chi connectivity index (χ4v) is 2.16. The largest absolute Gasteiger partial charge is 0.377 e. The highest BCUT2D eigenvalue weighted by molar-refractivity contribution is 9.10. The summed E-state index contributed by atoms with van der Waals surface area (Å²) in [5, 5.41) is 3.49. The van der Waals surface area contributed by atoms with Crippen LogP contribution in [0, 0.1) is 6.92 Å². The highest BCUT2D eigenvalue weighted by Gasteiger charge is 2.10. The Morgan fingerprint density at radius 1 is 1.11 bits per heavy atom. The summed E-state index contributed by atoms with van der Waals surface area (Å²) in [6, 6.07) is 16.6. The molecule has 3 N–H and O–H groups in total. The van der Waals surface area contributed by atoms with Gasteiger partial charge in [-0.3, -0.25) is 0 Å². The number of hydrogen-bond donors (Lipinski definition) is 2. The summed E-state index contributed by atoms with van der Waals surface area (Å²) in [5.41, 5.74) is 9.43. The lowest BCUT2D eigenvalue weighted by Gasteiger charge is -2.20. The van der Waals surface area contributed by atoms with Crippen LogP contribution < -0.4 is 11.1 Å². The van der Waals surface area contributed by atoms with Crippen LogP contribution in [-0.4, -0.2) is 6.54 Å². The van der Waals surface area contributed by atoms with Gasteiger partial charge >= 0.3 is 0 Å². The lowest BCUT2D eigenvalue weighted by Crippen LogP contribution is -2.20. The van der Waals surface area contributed by atoms with Crippen LogP contribution in [0.25, 0.3) is 0 Å². The van der Waals surface area contributed by atoms with Crippen molar-refractivity contribution in [2.75, 3.05) is 11.9 Å². The van der Waals surface area contributed by atoms with E-state index in [-0.39, 0.29) is 6.04 Å². The summed E-state index contributed by atoms with van der Waals surface area (Å²) in [7, 11) is 0. The van der Waals surface area contributed by atoms with Gasteiger partial charge in [-0.2, -0.15) is 0 Å². The zero-order valence-electron chi connectivity index (χ0n) is 10.4. The standard InChI is InChI=1S/C15H17BrN2/c1-11-4-2-3-5-14(11)18-15(10-17)12-6-8-13(16)9-7-12/h2-9,15,18H,10,17H2,1H3. The van der Waals surface area contributed by atoms with E-state index in [1.165, 1.54) is 11.1 Å². The first kappa shape index (κ1) is 13.1. The predicted molar refractivity (Wildman–Crippen MR) is 80.7 cm³/mol. The molecule has 0 saturated heterocycles. The summed E-state index contributed by atoms with van der Waals surface area (Å²) >= 11 is 3.44. The maximum absolute atomic E-state index is 5.87. The van der Waals surface area contributed by atoms with E-state index in [1.807, 2.05) is 24.3 Å². The second kappa shape index (κ2) is 6.03. The number of rotatable bonds is 4. The molecule has 0 fully saturated rings. The number of halogens is 1. The van der Waals surface area contributed by atoms with Gasteiger partial charge in [0.15, 0.2) is 0 Å². The Kier molecular flexibility index (Phi) is 4.39. The molecule has 0 aliphatic heterocycles. The van der Waals surface area contributed by atoms with E-state index in [9.17, 15) is 0 Å². The Balaban J connectivity index is 2.20. The van der Waals surface area contributed by atoms with Crippen LogP contribution in [0.5, 0.6) is 0 Å². The van der Waals surface area contributed by atoms with Gasteiger partial charge in [-0.15, -0.1) is 0 Å². The molecule has 2 aromatic rings. The van der Waals surface area contributed by atoms with Crippen molar-refractivity contribution in [3.63, 3.8) is 0 Å². The van der Waals surface area contributed by atoms with E-state index in [4.69, 9.17) is 5.73 Å². The zero-order valence-corrected chi connectivity index (χ0v) is 11.9. The van der Waals surface area contributed by atoms with Crippen LogP contribution in [0.15, 0.2) is 53.0 Å². The summed E-state index contributed by atoms with van der Waals surface area (Å²) in [6.07, 6.45) is 0. The highest BCUT2D eigenvalue weighted by atomic mass is 79.9. The first-order valence-electron chi connectivity index (χ1n) is 5.98. The molecule has 0 spiro atoms. The number of nitrogens with two attached hydrogens (primary N) is 1. The van der Waals surface area contributed by atoms with Gasteiger partial charge in [-0.25, -0.2) is 0 Å². The number of aryl methyl sites for hydroxylation is 1. The molecule has 0 aromatic heterocycles. The van der Waals surface area contributed by atoms with Crippen LogP contribution in [0.3, 0.4) is 0 Å². The maximum atomic E-state index is 5.87. The average Bonchev–Trinajstić information content (AvgIpc) is 2.39. The molecule has 3 heteroatoms. The van der Waals surface area contributed by atoms with Crippen LogP contribution in [0.4, 0.5) is 5.69 Å². The fraction of sp³-hybridized carbons (Fsp3) is 0.200. The quantitative estimate of drug-likeness (QED) is 0.900. The normalized spacial score (nSPS) is 12.2. The Morgan fingerprint density at radius 3 is 2.39 bits per heavy atom. The Labute approximate surface area is 116 Å². The van der Waals surface area contributed by atoms with E-state index in [1.54, 1.807) is 0 Å². The smallest absolute Gasteiger partial charge is 0.0636 e. The number of benzene rings is 2. The molecule has 1 unspecified atom stereocenters. The molecule has 94 valence electrons. The summed E-state index contributed by atoms with van der Waals surface area (Å²) in [5.74, 6) is 0. The number of anilines is 1. The van der Waals surface area contributed by atoms with E-state index in [0.29, 0.717) is 6.54 Å². The van der Waals surface area contributed by atoms with Gasteiger partial charge < -0.3 is 11.1 Å². The fourth-order valence-electron chi connectivity index (χ4n) is 1.90. The van der Waals surface area contributed by atoms with Crippen molar-refractivity contribution in [2.24, 2.45) is 5.73 Å². The summed E-state index contributed by atoms with van der Waals surface area (Å²) in [4.78, 5) is 0. The van der Waals surface area contributed by atoms with E-state index >= 15 is 0 Å². The summed E-state index contributed by atoms with van der Waals surface area (Å²) < 4.78 is 1.08. The molecule has 0 bridgehead atoms. The average molecular weight is 305 g/mol. The molecular formula is C15H17BrN2. The van der Waals surface area contributed by atoms with E-state index < -0.39 is 0 Å². The molecule has 18 heavy (non-hydrogen) atoms. The molecular weight excluding hydrogens is 288 g/mol. The third-order valence-corrected chi connectivity index (χ3v) is 3.51. The van der Waals surface area contributed by atoms with Gasteiger partial charge in [0.2, 0.25) is 0 Å². The molecule has 2 nitrogen and oxygen atoms in total. The molecule has 0 amide bonds. The summed E-state index contributed by atoms with van der Waals surface area (Å²) in [6.45, 7) is 2.66. The molecule has 0 heterocycles. The van der Waals surface area contributed by atoms with E-state index in [2.05, 4.69) is 52.4 Å². The lowest BCUT2D eigenvalue weighted by atomic mass is 10.1. The molecule has 2 rings (SSSR count). The molecule has 0 saturated carbocycles. The first-order chi connectivity index (χ1) is 8.70. The van der Waals surface area contributed by atoms with Crippen molar-refractivity contribution in [3.8, 4) is 0 Å². The molecule has 0 aliphatic rings. The lowest BCUT2D eigenvalue weighted by molar-refractivity contribution is 0.788. The van der Waals surface area contributed by atoms with Gasteiger partial charge in [0, 0.05) is 16.7 Å². The van der Waals surface area contributed by atoms with Crippen molar-refractivity contribution >= 4 is 21.6 Å². The SMILES string of the molecule is Cc1ccccc1NC(CN)c1ccc(Br)cc1. The minimum Gasteiger partial charge on any atom is -0.377 e. The van der Waals surface area contributed by atoms with Crippen molar-refractivity contribution < 1.29 is 0 Å². The maximum Gasteiger partial charge on any atom is 0.0636 e. The third-order valence-electron chi connectivity index (χ3n) is 2.98. The van der Waals surface area contributed by atoms with Crippen molar-refractivity contribution in [2.45, 2.75) is 13.0 Å². The Hall–Kier alpha value is -1.32. The molecule has 0 radical (unpaired) electrons. The van der Waals surface area contributed by atoms with Gasteiger partial charge in [0.05, 0.1) is 6.04 Å². The van der Waals surface area contributed by atoms with Gasteiger partial charge in [-0.05, 0) is 36.2 Å². The molecule has 2 aromatic carbocycles. The van der Waals surface area contributed by atoms with Crippen LogP contribution in [0.2, 0.25) is 0 Å². The predicted octanol–water partition coefficient (Wildman–Crippen LogP) is 3.87. The third kappa shape index (κ3) is 3.12. The Morgan fingerprint density at radius 2 is 1.78 bits per heavy atom.